The van der Waals surface area contributed by atoms with Crippen molar-refractivity contribution in [2.45, 2.75) is 32.2 Å². The smallest absolute Gasteiger partial charge is 0.277 e. The van der Waals surface area contributed by atoms with Gasteiger partial charge in [-0.05, 0) is 53.2 Å². The van der Waals surface area contributed by atoms with Crippen molar-refractivity contribution < 1.29 is 9.53 Å². The first-order valence-corrected chi connectivity index (χ1v) is 11.2. The molecule has 0 fully saturated rings. The number of methoxy groups -OCH3 is 1. The highest BCUT2D eigenvalue weighted by atomic mass is 16.5. The third kappa shape index (κ3) is 4.03. The van der Waals surface area contributed by atoms with Gasteiger partial charge in [0, 0.05) is 16.7 Å². The molecule has 6 heteroatoms. The SMILES string of the molecule is C=C/C(=C\C=C/N)c1ccc(N2C(=O)c3[nH]nc(C(C)(C)C)c3C2c2ccc(OC)cc2)cc1. The van der Waals surface area contributed by atoms with Crippen molar-refractivity contribution in [3.05, 3.63) is 108 Å². The van der Waals surface area contributed by atoms with Crippen LogP contribution in [0.1, 0.15) is 59.7 Å². The van der Waals surface area contributed by atoms with E-state index in [0.29, 0.717) is 5.69 Å². The van der Waals surface area contributed by atoms with Crippen LogP contribution in [0.3, 0.4) is 0 Å². The maximum Gasteiger partial charge on any atom is 0.277 e. The summed E-state index contributed by atoms with van der Waals surface area (Å²) in [6.45, 7) is 10.2. The van der Waals surface area contributed by atoms with Gasteiger partial charge in [0.2, 0.25) is 0 Å². The molecular weight excluding hydrogens is 424 g/mol. The Bertz CT molecular complexity index is 1260. The summed E-state index contributed by atoms with van der Waals surface area (Å²) < 4.78 is 5.35. The number of carbonyl (C=O) groups excluding carboxylic acids is 1. The largest absolute Gasteiger partial charge is 0.497 e. The molecule has 0 bridgehead atoms. The first-order valence-electron chi connectivity index (χ1n) is 11.2. The number of rotatable bonds is 6. The minimum atomic E-state index is -0.304. The van der Waals surface area contributed by atoms with Gasteiger partial charge in [-0.25, -0.2) is 0 Å². The number of H-pyrrole nitrogens is 1. The van der Waals surface area contributed by atoms with Gasteiger partial charge in [0.15, 0.2) is 0 Å². The Balaban J connectivity index is 1.83. The zero-order valence-corrected chi connectivity index (χ0v) is 20.0. The number of allylic oxidation sites excluding steroid dienone is 4. The molecular formula is C28H30N4O2. The van der Waals surface area contributed by atoms with E-state index in [4.69, 9.17) is 10.5 Å². The molecule has 0 saturated heterocycles. The number of amides is 1. The van der Waals surface area contributed by atoms with Gasteiger partial charge in [-0.3, -0.25) is 14.8 Å². The zero-order chi connectivity index (χ0) is 24.5. The predicted molar refractivity (Wildman–Crippen MR) is 137 cm³/mol. The van der Waals surface area contributed by atoms with Gasteiger partial charge < -0.3 is 10.5 Å². The van der Waals surface area contributed by atoms with E-state index in [1.54, 1.807) is 19.3 Å². The zero-order valence-electron chi connectivity index (χ0n) is 20.0. The average molecular weight is 455 g/mol. The Morgan fingerprint density at radius 3 is 2.38 bits per heavy atom. The van der Waals surface area contributed by atoms with E-state index >= 15 is 0 Å². The van der Waals surface area contributed by atoms with Crippen LogP contribution >= 0.6 is 0 Å². The number of nitrogens with two attached hydrogens (primary N) is 1. The van der Waals surface area contributed by atoms with E-state index < -0.39 is 0 Å². The highest BCUT2D eigenvalue weighted by Crippen LogP contribution is 2.45. The first kappa shape index (κ1) is 23.1. The second-order valence-corrected chi connectivity index (χ2v) is 9.22. The first-order chi connectivity index (χ1) is 16.3. The van der Waals surface area contributed by atoms with Crippen molar-refractivity contribution in [2.24, 2.45) is 5.73 Å². The van der Waals surface area contributed by atoms with Crippen LogP contribution < -0.4 is 15.4 Å². The molecule has 4 rings (SSSR count). The molecule has 3 aromatic rings. The molecule has 0 saturated carbocycles. The number of carbonyl (C=O) groups is 1. The quantitative estimate of drug-likeness (QED) is 0.481. The Hall–Kier alpha value is -4.06. The fourth-order valence-corrected chi connectivity index (χ4v) is 4.34. The molecule has 0 radical (unpaired) electrons. The molecule has 1 atom stereocenters. The van der Waals surface area contributed by atoms with E-state index in [0.717, 1.165) is 39.4 Å². The Morgan fingerprint density at radius 1 is 1.15 bits per heavy atom. The maximum atomic E-state index is 13.6. The van der Waals surface area contributed by atoms with Crippen LogP contribution in [0.2, 0.25) is 0 Å². The number of nitrogens with one attached hydrogen (secondary N) is 1. The molecule has 3 N–H and O–H groups in total. The fraction of sp³-hybridized carbons (Fsp3) is 0.214. The summed E-state index contributed by atoms with van der Waals surface area (Å²) in [5.74, 6) is 0.667. The van der Waals surface area contributed by atoms with Crippen LogP contribution in [0.4, 0.5) is 5.69 Å². The lowest BCUT2D eigenvalue weighted by atomic mass is 9.85. The number of benzene rings is 2. The van der Waals surface area contributed by atoms with Crippen LogP contribution in [0.25, 0.3) is 5.57 Å². The number of anilines is 1. The molecule has 1 unspecified atom stereocenters. The van der Waals surface area contributed by atoms with Crippen molar-refractivity contribution >= 4 is 17.2 Å². The second-order valence-electron chi connectivity index (χ2n) is 9.22. The number of aromatic nitrogens is 2. The van der Waals surface area contributed by atoms with E-state index in [-0.39, 0.29) is 17.4 Å². The Kier molecular flexibility index (Phi) is 6.16. The fourth-order valence-electron chi connectivity index (χ4n) is 4.34. The Labute approximate surface area is 200 Å². The number of hydrogen-bond acceptors (Lipinski definition) is 4. The maximum absolute atomic E-state index is 13.6. The minimum Gasteiger partial charge on any atom is -0.497 e. The van der Waals surface area contributed by atoms with Crippen LogP contribution in [0.15, 0.2) is 79.5 Å². The molecule has 174 valence electrons. The van der Waals surface area contributed by atoms with Crippen molar-refractivity contribution in [1.29, 1.82) is 0 Å². The van der Waals surface area contributed by atoms with E-state index in [9.17, 15) is 4.79 Å². The molecule has 1 aromatic heterocycles. The van der Waals surface area contributed by atoms with Crippen LogP contribution in [0, 0.1) is 0 Å². The molecule has 2 heterocycles. The standard InChI is InChI=1S/C28H30N4O2/c1-6-18(8-7-17-29)19-9-13-21(14-10-19)32-25(20-11-15-22(34-5)16-12-20)23-24(27(32)33)30-31-26(23)28(2,3)4/h6-17,25H,1,29H2,2-5H3,(H,30,31)/b17-7-,18-8+. The summed E-state index contributed by atoms with van der Waals surface area (Å²) in [6.07, 6.45) is 6.93. The molecule has 1 aliphatic rings. The number of aromatic amines is 1. The summed E-state index contributed by atoms with van der Waals surface area (Å²) in [5.41, 5.74) is 11.3. The third-order valence-corrected chi connectivity index (χ3v) is 6.00. The summed E-state index contributed by atoms with van der Waals surface area (Å²) in [4.78, 5) is 15.5. The Morgan fingerprint density at radius 2 is 1.82 bits per heavy atom. The van der Waals surface area contributed by atoms with Gasteiger partial charge in [-0.2, -0.15) is 5.10 Å². The molecule has 1 amide bonds. The highest BCUT2D eigenvalue weighted by molar-refractivity contribution is 6.10. The van der Waals surface area contributed by atoms with Crippen LogP contribution in [0.5, 0.6) is 5.75 Å². The van der Waals surface area contributed by atoms with Crippen LogP contribution in [-0.2, 0) is 5.41 Å². The van der Waals surface area contributed by atoms with Gasteiger partial charge in [0.1, 0.15) is 11.4 Å². The molecule has 34 heavy (non-hydrogen) atoms. The van der Waals surface area contributed by atoms with Gasteiger partial charge in [-0.15, -0.1) is 0 Å². The lowest BCUT2D eigenvalue weighted by molar-refractivity contribution is 0.0988. The molecule has 0 aliphatic carbocycles. The van der Waals surface area contributed by atoms with Crippen molar-refractivity contribution in [3.8, 4) is 5.75 Å². The normalized spacial score (nSPS) is 16.2. The number of fused-ring (bicyclic) bond motifs is 1. The van der Waals surface area contributed by atoms with E-state index in [1.807, 2.05) is 59.5 Å². The van der Waals surface area contributed by atoms with Gasteiger partial charge in [-0.1, -0.05) is 63.8 Å². The molecule has 1 aliphatic heterocycles. The molecule has 0 spiro atoms. The minimum absolute atomic E-state index is 0.0999. The number of ether oxygens (including phenoxy) is 1. The monoisotopic (exact) mass is 454 g/mol. The number of hydrogen-bond donors (Lipinski definition) is 2. The van der Waals surface area contributed by atoms with Gasteiger partial charge >= 0.3 is 0 Å². The van der Waals surface area contributed by atoms with Gasteiger partial charge in [0.05, 0.1) is 18.8 Å². The topological polar surface area (TPSA) is 84.2 Å². The predicted octanol–water partition coefficient (Wildman–Crippen LogP) is 5.51. The molecule has 6 nitrogen and oxygen atoms in total. The third-order valence-electron chi connectivity index (χ3n) is 6.00. The number of nitrogens with zero attached hydrogens (tertiary/aromatic N) is 2. The van der Waals surface area contributed by atoms with Crippen molar-refractivity contribution in [3.63, 3.8) is 0 Å². The van der Waals surface area contributed by atoms with Gasteiger partial charge in [0.25, 0.3) is 5.91 Å². The second kappa shape index (κ2) is 9.06. The summed E-state index contributed by atoms with van der Waals surface area (Å²) in [6, 6.07) is 15.4. The van der Waals surface area contributed by atoms with Crippen molar-refractivity contribution in [1.82, 2.24) is 10.2 Å². The average Bonchev–Trinajstić information content (AvgIpc) is 3.39. The van der Waals surface area contributed by atoms with E-state index in [1.165, 1.54) is 6.20 Å². The molecule has 2 aromatic carbocycles. The van der Waals surface area contributed by atoms with E-state index in [2.05, 4.69) is 37.5 Å². The summed E-state index contributed by atoms with van der Waals surface area (Å²) in [5, 5.41) is 7.56. The lowest BCUT2D eigenvalue weighted by Gasteiger charge is -2.28. The van der Waals surface area contributed by atoms with Crippen LogP contribution in [-0.4, -0.2) is 23.2 Å². The lowest BCUT2D eigenvalue weighted by Crippen LogP contribution is -2.30. The summed E-state index contributed by atoms with van der Waals surface area (Å²) >= 11 is 0. The highest BCUT2D eigenvalue weighted by Gasteiger charge is 2.44. The summed E-state index contributed by atoms with van der Waals surface area (Å²) in [7, 11) is 1.64. The van der Waals surface area contributed by atoms with Crippen molar-refractivity contribution in [2.75, 3.05) is 12.0 Å².